The molecule has 62 heavy (non-hydrogen) atoms. The SMILES string of the molecule is O=C1CC[C@H](c2ccc(N3CCC(CN4CCN(c5ccc(-n6cc(-c7cc(Cl)cc(NS(=O)(=O)N8CC[C@@H](F)C8)c7F)c(-c7ccncc7)n6)nc5)CC4)CC3)cc2)C(=O)N1. The van der Waals surface area contributed by atoms with Crippen LogP contribution in [-0.2, 0) is 19.8 Å². The highest BCUT2D eigenvalue weighted by molar-refractivity contribution is 7.90. The second kappa shape index (κ2) is 17.7. The summed E-state index contributed by atoms with van der Waals surface area (Å²) in [5.41, 5.74) is 4.20. The van der Waals surface area contributed by atoms with E-state index >= 15 is 4.39 Å². The van der Waals surface area contributed by atoms with Gasteiger partial charge in [0.15, 0.2) is 11.6 Å². The van der Waals surface area contributed by atoms with Gasteiger partial charge in [0.1, 0.15) is 11.9 Å². The highest BCUT2D eigenvalue weighted by Gasteiger charge is 2.33. The number of hydrogen-bond acceptors (Lipinski definition) is 10. The van der Waals surface area contributed by atoms with Crippen LogP contribution in [-0.4, -0.2) is 114 Å². The van der Waals surface area contributed by atoms with E-state index in [4.69, 9.17) is 21.7 Å². The Morgan fingerprint density at radius 3 is 2.24 bits per heavy atom. The number of carbonyl (C=O) groups excluding carboxylic acids is 2. The first kappa shape index (κ1) is 41.8. The summed E-state index contributed by atoms with van der Waals surface area (Å²) in [5.74, 6) is -0.407. The van der Waals surface area contributed by atoms with Crippen molar-refractivity contribution in [2.45, 2.75) is 44.2 Å². The molecule has 0 radical (unpaired) electrons. The zero-order valence-electron chi connectivity index (χ0n) is 34.0. The number of pyridine rings is 2. The van der Waals surface area contributed by atoms with Crippen LogP contribution in [0.5, 0.6) is 0 Å². The van der Waals surface area contributed by atoms with Gasteiger partial charge >= 0.3 is 10.2 Å². The molecule has 4 saturated heterocycles. The molecule has 4 fully saturated rings. The third-order valence-electron chi connectivity index (χ3n) is 12.4. The normalized spacial score (nSPS) is 20.8. The molecular weight excluding hydrogens is 838 g/mol. The molecule has 5 aromatic rings. The second-order valence-electron chi connectivity index (χ2n) is 16.4. The third-order valence-corrected chi connectivity index (χ3v) is 14.1. The van der Waals surface area contributed by atoms with Crippen molar-refractivity contribution in [3.8, 4) is 28.2 Å². The van der Waals surface area contributed by atoms with Gasteiger partial charge in [0.05, 0.1) is 23.5 Å². The van der Waals surface area contributed by atoms with Crippen LogP contribution >= 0.6 is 11.6 Å². The average molecular weight is 885 g/mol. The van der Waals surface area contributed by atoms with Crippen LogP contribution in [0, 0.1) is 11.7 Å². The molecule has 0 saturated carbocycles. The Kier molecular flexibility index (Phi) is 12.0. The molecule has 0 bridgehead atoms. The summed E-state index contributed by atoms with van der Waals surface area (Å²) in [4.78, 5) is 40.0. The van der Waals surface area contributed by atoms with E-state index in [9.17, 15) is 22.4 Å². The Morgan fingerprint density at radius 2 is 1.56 bits per heavy atom. The van der Waals surface area contributed by atoms with E-state index in [-0.39, 0.29) is 53.5 Å². The number of halogens is 3. The van der Waals surface area contributed by atoms with Gasteiger partial charge in [0.25, 0.3) is 0 Å². The van der Waals surface area contributed by atoms with E-state index in [1.165, 1.54) is 17.8 Å². The van der Waals surface area contributed by atoms with Crippen molar-refractivity contribution in [2.75, 3.05) is 73.4 Å². The Hall–Kier alpha value is -5.49. The molecule has 0 unspecified atom stereocenters. The minimum absolute atomic E-state index is 0.0104. The molecule has 0 aliphatic carbocycles. The van der Waals surface area contributed by atoms with Gasteiger partial charge in [-0.3, -0.25) is 29.5 Å². The van der Waals surface area contributed by atoms with Gasteiger partial charge in [0, 0.05) is 111 Å². The summed E-state index contributed by atoms with van der Waals surface area (Å²) in [6, 6.07) is 18.2. The van der Waals surface area contributed by atoms with Gasteiger partial charge in [0.2, 0.25) is 11.8 Å². The van der Waals surface area contributed by atoms with Gasteiger partial charge in [-0.1, -0.05) is 23.7 Å². The molecule has 18 heteroatoms. The smallest absolute Gasteiger partial charge is 0.301 e. The number of hydrogen-bond donors (Lipinski definition) is 2. The van der Waals surface area contributed by atoms with Crippen molar-refractivity contribution in [1.82, 2.24) is 34.3 Å². The standard InChI is InChI=1S/C44H47ClF2N10O4S/c45-32-23-37(42(47)39(24-32)52-62(60,61)56-18-13-33(46)27-56)38-28-57(51-43(38)31-9-14-48-15-10-31)40-7-5-35(25-49-40)55-21-19-53(20-22-55)26-29-11-16-54(17-12-29)34-3-1-30(2-4-34)36-6-8-41(58)50-44(36)59/h1-5,7,9-10,14-15,23-25,28-29,33,36,52H,6,8,11-13,16-22,26-27H2,(H,50,58,59)/t33-,36-/m1/s1. The lowest BCUT2D eigenvalue weighted by atomic mass is 9.90. The Morgan fingerprint density at radius 1 is 0.839 bits per heavy atom. The number of nitrogens with one attached hydrogen (secondary N) is 2. The fourth-order valence-corrected chi connectivity index (χ4v) is 10.4. The highest BCUT2D eigenvalue weighted by atomic mass is 35.5. The summed E-state index contributed by atoms with van der Waals surface area (Å²) in [6.45, 7) is 6.34. The Balaban J connectivity index is 0.825. The number of aromatic nitrogens is 4. The number of imide groups is 1. The number of amides is 2. The van der Waals surface area contributed by atoms with E-state index in [0.717, 1.165) is 74.2 Å². The summed E-state index contributed by atoms with van der Waals surface area (Å²) in [5, 5.41) is 7.36. The molecule has 2 aromatic carbocycles. The molecule has 2 atom stereocenters. The van der Waals surface area contributed by atoms with E-state index in [1.54, 1.807) is 35.4 Å². The lowest BCUT2D eigenvalue weighted by molar-refractivity contribution is -0.134. The largest absolute Gasteiger partial charge is 0.372 e. The number of benzene rings is 2. The Bertz CT molecular complexity index is 2530. The second-order valence-corrected chi connectivity index (χ2v) is 18.5. The molecule has 9 rings (SSSR count). The van der Waals surface area contributed by atoms with Crippen molar-refractivity contribution in [3.05, 3.63) is 102 Å². The molecule has 7 heterocycles. The molecule has 324 valence electrons. The first-order valence-corrected chi connectivity index (χ1v) is 22.8. The minimum Gasteiger partial charge on any atom is -0.372 e. The van der Waals surface area contributed by atoms with Crippen molar-refractivity contribution >= 4 is 50.7 Å². The van der Waals surface area contributed by atoms with Gasteiger partial charge in [-0.2, -0.15) is 17.8 Å². The summed E-state index contributed by atoms with van der Waals surface area (Å²) in [7, 11) is -4.24. The molecule has 4 aliphatic heterocycles. The van der Waals surface area contributed by atoms with Crippen molar-refractivity contribution in [2.24, 2.45) is 5.92 Å². The molecule has 14 nitrogen and oxygen atoms in total. The van der Waals surface area contributed by atoms with Gasteiger partial charge in [-0.15, -0.1) is 0 Å². The van der Waals surface area contributed by atoms with Gasteiger partial charge in [-0.25, -0.2) is 18.4 Å². The number of nitrogens with zero attached hydrogens (tertiary/aromatic N) is 8. The first-order chi connectivity index (χ1) is 30.0. The maximum atomic E-state index is 16.3. The third kappa shape index (κ3) is 9.02. The molecule has 4 aliphatic rings. The number of anilines is 3. The zero-order chi connectivity index (χ0) is 43.0. The number of piperazine rings is 1. The fraction of sp³-hybridized carbons (Fsp3) is 0.386. The van der Waals surface area contributed by atoms with Crippen LogP contribution < -0.4 is 19.8 Å². The van der Waals surface area contributed by atoms with Crippen LogP contribution in [0.4, 0.5) is 25.8 Å². The van der Waals surface area contributed by atoms with E-state index in [2.05, 4.69) is 41.9 Å². The first-order valence-electron chi connectivity index (χ1n) is 21.0. The number of alkyl halides is 1. The molecule has 2 amide bonds. The summed E-state index contributed by atoms with van der Waals surface area (Å²) in [6.07, 6.45) is 8.61. The van der Waals surface area contributed by atoms with Crippen LogP contribution in [0.15, 0.2) is 85.5 Å². The number of piperidine rings is 2. The molecule has 0 spiro atoms. The summed E-state index contributed by atoms with van der Waals surface area (Å²) >= 11 is 6.46. The predicted molar refractivity (Wildman–Crippen MR) is 234 cm³/mol. The maximum absolute atomic E-state index is 16.3. The fourth-order valence-electron chi connectivity index (χ4n) is 8.94. The lowest BCUT2D eigenvalue weighted by Gasteiger charge is -2.40. The van der Waals surface area contributed by atoms with Crippen LogP contribution in [0.25, 0.3) is 28.2 Å². The van der Waals surface area contributed by atoms with E-state index < -0.39 is 22.2 Å². The summed E-state index contributed by atoms with van der Waals surface area (Å²) < 4.78 is 61.1. The van der Waals surface area contributed by atoms with Crippen molar-refractivity contribution < 1.29 is 26.8 Å². The van der Waals surface area contributed by atoms with E-state index in [1.807, 2.05) is 30.5 Å². The number of carbonyl (C=O) groups is 2. The zero-order valence-corrected chi connectivity index (χ0v) is 35.5. The minimum atomic E-state index is -4.24. The predicted octanol–water partition coefficient (Wildman–Crippen LogP) is 6.05. The molecular formula is C44H47ClF2N10O4S. The van der Waals surface area contributed by atoms with Gasteiger partial charge < -0.3 is 9.80 Å². The van der Waals surface area contributed by atoms with Crippen molar-refractivity contribution in [1.29, 1.82) is 0 Å². The average Bonchev–Trinajstić information content (AvgIpc) is 3.94. The quantitative estimate of drug-likeness (QED) is 0.150. The number of rotatable bonds is 11. The van der Waals surface area contributed by atoms with Crippen molar-refractivity contribution in [3.63, 3.8) is 0 Å². The maximum Gasteiger partial charge on any atom is 0.301 e. The van der Waals surface area contributed by atoms with Crippen LogP contribution in [0.3, 0.4) is 0 Å². The van der Waals surface area contributed by atoms with Crippen LogP contribution in [0.2, 0.25) is 5.02 Å². The Labute approximate surface area is 364 Å². The molecule has 3 aromatic heterocycles. The highest BCUT2D eigenvalue weighted by Crippen LogP contribution is 2.38. The molecule has 2 N–H and O–H groups in total. The van der Waals surface area contributed by atoms with Gasteiger partial charge in [-0.05, 0) is 85.7 Å². The topological polar surface area (TPSA) is 149 Å². The lowest BCUT2D eigenvalue weighted by Crippen LogP contribution is -2.49. The van der Waals surface area contributed by atoms with Crippen LogP contribution in [0.1, 0.15) is 43.6 Å². The monoisotopic (exact) mass is 884 g/mol. The van der Waals surface area contributed by atoms with E-state index in [0.29, 0.717) is 41.4 Å².